The van der Waals surface area contributed by atoms with Gasteiger partial charge >= 0.3 is 0 Å². The van der Waals surface area contributed by atoms with Gasteiger partial charge in [-0.3, -0.25) is 4.99 Å². The standard InChI is InChI=1S/C44H41Br4N3O3/c1-30-27-41-42(51-44(35-12-18-38(19-13-35)54-26-23-48)43(50-41)34-8-4-31(5-9-34)3-2-20-45)29-39(30)49-40(33-10-16-37(17-11-33)53-25-22-47)28-32-6-14-36(15-7-32)52-24-21-46/h4-19,27,29H,2-3,20-26,28H2,1H3. The Labute approximate surface area is 351 Å². The van der Waals surface area contributed by atoms with Gasteiger partial charge < -0.3 is 14.2 Å². The lowest BCUT2D eigenvalue weighted by Gasteiger charge is -2.14. The van der Waals surface area contributed by atoms with E-state index in [2.05, 4.69) is 143 Å². The Morgan fingerprint density at radius 2 is 1.02 bits per heavy atom. The lowest BCUT2D eigenvalue weighted by Crippen LogP contribution is -2.06. The van der Waals surface area contributed by atoms with E-state index in [-0.39, 0.29) is 0 Å². The van der Waals surface area contributed by atoms with Crippen molar-refractivity contribution in [3.05, 3.63) is 131 Å². The quantitative estimate of drug-likeness (QED) is 0.0634. The number of nitrogens with zero attached hydrogens (tertiary/aromatic N) is 3. The number of benzene rings is 5. The topological polar surface area (TPSA) is 65.8 Å². The number of aliphatic imine (C=N–C) groups is 1. The summed E-state index contributed by atoms with van der Waals surface area (Å²) >= 11 is 13.9. The highest BCUT2D eigenvalue weighted by Crippen LogP contribution is 2.35. The predicted molar refractivity (Wildman–Crippen MR) is 238 cm³/mol. The van der Waals surface area contributed by atoms with Gasteiger partial charge in [0, 0.05) is 38.9 Å². The Bertz CT molecular complexity index is 2140. The van der Waals surface area contributed by atoms with Crippen LogP contribution in [0.1, 0.15) is 28.7 Å². The number of aryl methyl sites for hydroxylation is 2. The van der Waals surface area contributed by atoms with Crippen molar-refractivity contribution in [1.29, 1.82) is 0 Å². The molecule has 0 atom stereocenters. The van der Waals surface area contributed by atoms with Gasteiger partial charge in [0.15, 0.2) is 0 Å². The van der Waals surface area contributed by atoms with Crippen LogP contribution in [0.3, 0.4) is 0 Å². The first kappa shape index (κ1) is 40.1. The second kappa shape index (κ2) is 20.4. The highest BCUT2D eigenvalue weighted by Gasteiger charge is 2.16. The van der Waals surface area contributed by atoms with Gasteiger partial charge in [0.05, 0.1) is 53.6 Å². The Morgan fingerprint density at radius 1 is 0.556 bits per heavy atom. The number of fused-ring (bicyclic) bond motifs is 1. The minimum absolute atomic E-state index is 0.596. The third-order valence-corrected chi connectivity index (χ3v) is 10.2. The fourth-order valence-corrected chi connectivity index (χ4v) is 6.76. The van der Waals surface area contributed by atoms with Crippen molar-refractivity contribution in [2.75, 3.05) is 41.1 Å². The molecule has 54 heavy (non-hydrogen) atoms. The van der Waals surface area contributed by atoms with Crippen LogP contribution in [0.4, 0.5) is 5.69 Å². The van der Waals surface area contributed by atoms with Crippen LogP contribution in [0.25, 0.3) is 33.5 Å². The molecule has 0 radical (unpaired) electrons. The molecule has 0 N–H and O–H groups in total. The molecule has 0 aliphatic rings. The maximum Gasteiger partial charge on any atom is 0.119 e. The molecule has 6 nitrogen and oxygen atoms in total. The monoisotopic (exact) mass is 975 g/mol. The minimum Gasteiger partial charge on any atom is -0.493 e. The summed E-state index contributed by atoms with van der Waals surface area (Å²) in [6.07, 6.45) is 2.74. The van der Waals surface area contributed by atoms with Gasteiger partial charge in [-0.05, 0) is 115 Å². The average molecular weight is 979 g/mol. The number of hydrogen-bond acceptors (Lipinski definition) is 6. The zero-order valence-electron chi connectivity index (χ0n) is 30.0. The molecular formula is C44H41Br4N3O3. The van der Waals surface area contributed by atoms with Gasteiger partial charge in [-0.1, -0.05) is 100 Å². The molecule has 0 fully saturated rings. The third-order valence-electron chi connectivity index (χ3n) is 8.71. The molecule has 6 aromatic rings. The largest absolute Gasteiger partial charge is 0.493 e. The Morgan fingerprint density at radius 3 is 1.54 bits per heavy atom. The zero-order valence-corrected chi connectivity index (χ0v) is 36.4. The summed E-state index contributed by atoms with van der Waals surface area (Å²) in [5.74, 6) is 2.48. The van der Waals surface area contributed by atoms with Gasteiger partial charge in [0.25, 0.3) is 0 Å². The highest BCUT2D eigenvalue weighted by atomic mass is 79.9. The minimum atomic E-state index is 0.596. The van der Waals surface area contributed by atoms with Gasteiger partial charge in [0.1, 0.15) is 17.2 Å². The molecule has 10 heteroatoms. The zero-order chi connectivity index (χ0) is 37.7. The number of rotatable bonds is 18. The second-order valence-corrected chi connectivity index (χ2v) is 15.7. The molecule has 1 aromatic heterocycles. The normalized spacial score (nSPS) is 11.5. The molecule has 0 bridgehead atoms. The van der Waals surface area contributed by atoms with Gasteiger partial charge in [-0.15, -0.1) is 0 Å². The molecule has 0 aliphatic carbocycles. The van der Waals surface area contributed by atoms with Crippen LogP contribution in [0.15, 0.2) is 114 Å². The van der Waals surface area contributed by atoms with Gasteiger partial charge in [-0.25, -0.2) is 9.97 Å². The summed E-state index contributed by atoms with van der Waals surface area (Å²) < 4.78 is 17.5. The number of hydrogen-bond donors (Lipinski definition) is 0. The summed E-state index contributed by atoms with van der Waals surface area (Å²) in [7, 11) is 0. The van der Waals surface area contributed by atoms with E-state index in [1.54, 1.807) is 0 Å². The smallest absolute Gasteiger partial charge is 0.119 e. The number of halogens is 4. The molecule has 0 spiro atoms. The van der Waals surface area contributed by atoms with Crippen molar-refractivity contribution in [2.24, 2.45) is 4.99 Å². The molecular weight excluding hydrogens is 938 g/mol. The van der Waals surface area contributed by atoms with Crippen LogP contribution >= 0.6 is 63.7 Å². The SMILES string of the molecule is Cc1cc2nc(-c3ccc(CCCBr)cc3)c(-c3ccc(OCCBr)cc3)nc2cc1N=C(Cc1ccc(OCCBr)cc1)c1ccc(OCCBr)cc1. The number of ether oxygens (including phenoxy) is 3. The molecule has 0 saturated carbocycles. The summed E-state index contributed by atoms with van der Waals surface area (Å²) in [5.41, 5.74) is 11.5. The van der Waals surface area contributed by atoms with Crippen molar-refractivity contribution in [3.8, 4) is 39.8 Å². The van der Waals surface area contributed by atoms with Gasteiger partial charge in [0.2, 0.25) is 0 Å². The number of alkyl halides is 4. The van der Waals surface area contributed by atoms with Crippen molar-refractivity contribution in [2.45, 2.75) is 26.2 Å². The molecule has 1 heterocycles. The van der Waals surface area contributed by atoms with E-state index in [0.29, 0.717) is 26.2 Å². The van der Waals surface area contributed by atoms with E-state index >= 15 is 0 Å². The van der Waals surface area contributed by atoms with Gasteiger partial charge in [-0.2, -0.15) is 0 Å². The maximum atomic E-state index is 5.85. The summed E-state index contributed by atoms with van der Waals surface area (Å²) in [5, 5.41) is 3.30. The number of aromatic nitrogens is 2. The van der Waals surface area contributed by atoms with E-state index < -0.39 is 0 Å². The molecule has 5 aromatic carbocycles. The van der Waals surface area contributed by atoms with Crippen LogP contribution < -0.4 is 14.2 Å². The second-order valence-electron chi connectivity index (χ2n) is 12.6. The van der Waals surface area contributed by atoms with Crippen LogP contribution in [0.5, 0.6) is 17.2 Å². The summed E-state index contributed by atoms with van der Waals surface area (Å²) in [6, 6.07) is 37.3. The van der Waals surface area contributed by atoms with E-state index in [1.165, 1.54) is 5.56 Å². The molecule has 6 rings (SSSR count). The predicted octanol–water partition coefficient (Wildman–Crippen LogP) is 12.3. The Hall–Kier alpha value is -3.57. The highest BCUT2D eigenvalue weighted by molar-refractivity contribution is 9.09. The average Bonchev–Trinajstić information content (AvgIpc) is 3.21. The van der Waals surface area contributed by atoms with E-state index in [1.807, 2.05) is 36.4 Å². The maximum absolute atomic E-state index is 5.85. The molecule has 0 amide bonds. The first-order valence-corrected chi connectivity index (χ1v) is 22.4. The molecule has 0 aliphatic heterocycles. The lowest BCUT2D eigenvalue weighted by molar-refractivity contribution is 0.345. The third kappa shape index (κ3) is 10.8. The van der Waals surface area contributed by atoms with Crippen LogP contribution in [0, 0.1) is 6.92 Å². The fourth-order valence-electron chi connectivity index (χ4n) is 5.99. The van der Waals surface area contributed by atoms with E-state index in [9.17, 15) is 0 Å². The first-order valence-electron chi connectivity index (χ1n) is 17.9. The molecule has 0 unspecified atom stereocenters. The van der Waals surface area contributed by atoms with Crippen LogP contribution in [-0.4, -0.2) is 56.8 Å². The van der Waals surface area contributed by atoms with Crippen molar-refractivity contribution < 1.29 is 14.2 Å². The Balaban J connectivity index is 1.43. The van der Waals surface area contributed by atoms with Crippen molar-refractivity contribution in [1.82, 2.24) is 9.97 Å². The molecule has 278 valence electrons. The summed E-state index contributed by atoms with van der Waals surface area (Å²) in [4.78, 5) is 15.9. The first-order chi connectivity index (χ1) is 26.5. The molecule has 0 saturated heterocycles. The fraction of sp³-hybridized carbons (Fsp3) is 0.250. The van der Waals surface area contributed by atoms with Crippen molar-refractivity contribution in [3.63, 3.8) is 0 Å². The summed E-state index contributed by atoms with van der Waals surface area (Å²) in [6.45, 7) is 3.90. The van der Waals surface area contributed by atoms with E-state index in [0.717, 1.165) is 113 Å². The van der Waals surface area contributed by atoms with E-state index in [4.69, 9.17) is 29.2 Å². The lowest BCUT2D eigenvalue weighted by atomic mass is 10.0. The Kier molecular flexibility index (Phi) is 15.1. The van der Waals surface area contributed by atoms with Crippen LogP contribution in [-0.2, 0) is 12.8 Å². The van der Waals surface area contributed by atoms with Crippen LogP contribution in [0.2, 0.25) is 0 Å². The van der Waals surface area contributed by atoms with Crippen molar-refractivity contribution >= 4 is 86.2 Å².